The molecule has 1 unspecified atom stereocenters. The molecule has 1 aromatic heterocycles. The van der Waals surface area contributed by atoms with Crippen LogP contribution in [0, 0.1) is 11.8 Å². The summed E-state index contributed by atoms with van der Waals surface area (Å²) >= 11 is 5.92. The number of benzene rings is 1. The van der Waals surface area contributed by atoms with Crippen molar-refractivity contribution in [3.63, 3.8) is 0 Å². The van der Waals surface area contributed by atoms with Crippen LogP contribution in [0.25, 0.3) is 11.4 Å². The number of nitrogens with one attached hydrogen (secondary N) is 2. The third-order valence-corrected chi connectivity index (χ3v) is 5.88. The van der Waals surface area contributed by atoms with E-state index in [9.17, 15) is 18.0 Å². The molecule has 2 saturated heterocycles. The van der Waals surface area contributed by atoms with Crippen LogP contribution >= 0.6 is 11.6 Å². The number of carbonyl (C=O) groups excluding carboxylic acids is 1. The van der Waals surface area contributed by atoms with E-state index in [2.05, 4.69) is 25.7 Å². The normalized spacial score (nSPS) is 18.8. The van der Waals surface area contributed by atoms with E-state index >= 15 is 0 Å². The van der Waals surface area contributed by atoms with Crippen LogP contribution in [-0.2, 0) is 9.59 Å². The number of alkyl halides is 3. The fraction of sp³-hybridized carbons (Fsp3) is 0.524. The number of anilines is 1. The standard InChI is InChI=1S/C19H24ClN5O2.C2HF3O2/c20-16-3-1-14(2-4-16)17-23-19(27-24-17)25-9-6-15(7-10-25)18(26)22-12-13-5-8-21-11-13;3-2(4,5)1(6)7/h1-4,13,15,21H,5-12H2,(H,22,26);(H,6,7). The summed E-state index contributed by atoms with van der Waals surface area (Å²) in [7, 11) is 0. The molecule has 4 rings (SSSR count). The maximum atomic E-state index is 12.4. The first-order chi connectivity index (χ1) is 16.1. The van der Waals surface area contributed by atoms with Gasteiger partial charge in [-0.3, -0.25) is 4.79 Å². The number of aliphatic carboxylic acids is 1. The Kier molecular flexibility index (Phi) is 8.72. The van der Waals surface area contributed by atoms with Crippen molar-refractivity contribution in [1.29, 1.82) is 0 Å². The van der Waals surface area contributed by atoms with E-state index < -0.39 is 12.1 Å². The van der Waals surface area contributed by atoms with Crippen molar-refractivity contribution < 1.29 is 32.4 Å². The maximum absolute atomic E-state index is 12.4. The molecule has 0 bridgehead atoms. The molecular formula is C21H25ClF3N5O4. The Morgan fingerprint density at radius 3 is 2.41 bits per heavy atom. The minimum Gasteiger partial charge on any atom is -0.475 e. The van der Waals surface area contributed by atoms with Crippen LogP contribution in [0.15, 0.2) is 28.8 Å². The van der Waals surface area contributed by atoms with Crippen molar-refractivity contribution in [3.05, 3.63) is 29.3 Å². The van der Waals surface area contributed by atoms with Crippen molar-refractivity contribution in [3.8, 4) is 11.4 Å². The summed E-state index contributed by atoms with van der Waals surface area (Å²) < 4.78 is 37.2. The average molecular weight is 504 g/mol. The molecule has 3 N–H and O–H groups in total. The van der Waals surface area contributed by atoms with Gasteiger partial charge in [0.05, 0.1) is 0 Å². The van der Waals surface area contributed by atoms with Crippen molar-refractivity contribution in [2.24, 2.45) is 11.8 Å². The SMILES string of the molecule is O=C(NCC1CCNC1)C1CCN(c2nc(-c3ccc(Cl)cc3)no2)CC1.O=C(O)C(F)(F)F. The van der Waals surface area contributed by atoms with Crippen molar-refractivity contribution >= 4 is 29.5 Å². The van der Waals surface area contributed by atoms with Gasteiger partial charge in [-0.2, -0.15) is 18.2 Å². The number of piperidine rings is 1. The lowest BCUT2D eigenvalue weighted by Crippen LogP contribution is -2.42. The van der Waals surface area contributed by atoms with Gasteiger partial charge < -0.3 is 25.2 Å². The lowest BCUT2D eigenvalue weighted by molar-refractivity contribution is -0.192. The molecule has 3 heterocycles. The van der Waals surface area contributed by atoms with Gasteiger partial charge in [-0.15, -0.1) is 0 Å². The molecule has 2 aliphatic heterocycles. The molecule has 1 aromatic carbocycles. The molecule has 0 radical (unpaired) electrons. The van der Waals surface area contributed by atoms with Crippen LogP contribution in [0.4, 0.5) is 19.2 Å². The highest BCUT2D eigenvalue weighted by Crippen LogP contribution is 2.25. The smallest absolute Gasteiger partial charge is 0.475 e. The van der Waals surface area contributed by atoms with E-state index in [4.69, 9.17) is 26.0 Å². The number of amides is 1. The fourth-order valence-corrected chi connectivity index (χ4v) is 3.80. The number of hydrogen-bond donors (Lipinski definition) is 3. The van der Waals surface area contributed by atoms with Crippen LogP contribution in [0.5, 0.6) is 0 Å². The van der Waals surface area contributed by atoms with Crippen molar-refractivity contribution in [2.75, 3.05) is 37.6 Å². The monoisotopic (exact) mass is 503 g/mol. The van der Waals surface area contributed by atoms with Gasteiger partial charge in [0.1, 0.15) is 0 Å². The fourth-order valence-electron chi connectivity index (χ4n) is 3.67. The van der Waals surface area contributed by atoms with Gasteiger partial charge in [0, 0.05) is 36.1 Å². The zero-order valence-electron chi connectivity index (χ0n) is 18.1. The lowest BCUT2D eigenvalue weighted by atomic mass is 9.96. The molecule has 0 saturated carbocycles. The van der Waals surface area contributed by atoms with Gasteiger partial charge >= 0.3 is 18.2 Å². The second-order valence-corrected chi connectivity index (χ2v) is 8.51. The number of carboxylic acid groups (broad SMARTS) is 1. The zero-order valence-corrected chi connectivity index (χ0v) is 18.9. The van der Waals surface area contributed by atoms with Gasteiger partial charge in [-0.1, -0.05) is 16.8 Å². The van der Waals surface area contributed by atoms with Crippen LogP contribution in [0.2, 0.25) is 5.02 Å². The van der Waals surface area contributed by atoms with Crippen molar-refractivity contribution in [2.45, 2.75) is 25.4 Å². The third kappa shape index (κ3) is 7.32. The van der Waals surface area contributed by atoms with Gasteiger partial charge in [0.15, 0.2) is 0 Å². The van der Waals surface area contributed by atoms with Gasteiger partial charge in [0.2, 0.25) is 11.7 Å². The quantitative estimate of drug-likeness (QED) is 0.569. The Labute approximate surface area is 198 Å². The number of carbonyl (C=O) groups is 2. The first kappa shape index (κ1) is 25.8. The van der Waals surface area contributed by atoms with Crippen LogP contribution in [0.3, 0.4) is 0 Å². The Balaban J connectivity index is 0.000000406. The molecule has 0 spiro atoms. The molecule has 9 nitrogen and oxygen atoms in total. The summed E-state index contributed by atoms with van der Waals surface area (Å²) in [6, 6.07) is 7.86. The van der Waals surface area contributed by atoms with E-state index in [0.29, 0.717) is 22.8 Å². The molecule has 1 atom stereocenters. The average Bonchev–Trinajstić information content (AvgIpc) is 3.50. The third-order valence-electron chi connectivity index (χ3n) is 5.62. The minimum atomic E-state index is -5.08. The van der Waals surface area contributed by atoms with Crippen molar-refractivity contribution in [1.82, 2.24) is 20.8 Å². The number of halogens is 4. The molecule has 186 valence electrons. The van der Waals surface area contributed by atoms with E-state index in [0.717, 1.165) is 57.5 Å². The summed E-state index contributed by atoms with van der Waals surface area (Å²) in [6.45, 7) is 4.32. The highest BCUT2D eigenvalue weighted by molar-refractivity contribution is 6.30. The van der Waals surface area contributed by atoms with Gasteiger partial charge in [0.25, 0.3) is 0 Å². The summed E-state index contributed by atoms with van der Waals surface area (Å²) in [4.78, 5) is 27.8. The Morgan fingerprint density at radius 2 is 1.85 bits per heavy atom. The highest BCUT2D eigenvalue weighted by atomic mass is 35.5. The molecule has 1 amide bonds. The second kappa shape index (κ2) is 11.5. The van der Waals surface area contributed by atoms with E-state index in [1.165, 1.54) is 0 Å². The molecule has 13 heteroatoms. The number of aromatic nitrogens is 2. The van der Waals surface area contributed by atoms with Crippen LogP contribution in [0.1, 0.15) is 19.3 Å². The van der Waals surface area contributed by atoms with E-state index in [-0.39, 0.29) is 11.8 Å². The first-order valence-electron chi connectivity index (χ1n) is 10.8. The minimum absolute atomic E-state index is 0.0641. The van der Waals surface area contributed by atoms with Crippen LogP contribution < -0.4 is 15.5 Å². The summed E-state index contributed by atoms with van der Waals surface area (Å²) in [5.74, 6) is -1.40. The lowest BCUT2D eigenvalue weighted by Gasteiger charge is -2.29. The molecule has 34 heavy (non-hydrogen) atoms. The maximum Gasteiger partial charge on any atom is 0.490 e. The highest BCUT2D eigenvalue weighted by Gasteiger charge is 2.38. The van der Waals surface area contributed by atoms with E-state index in [1.807, 2.05) is 12.1 Å². The predicted molar refractivity (Wildman–Crippen MR) is 117 cm³/mol. The number of carboxylic acids is 1. The molecule has 2 fully saturated rings. The molecular weight excluding hydrogens is 479 g/mol. The predicted octanol–water partition coefficient (Wildman–Crippen LogP) is 2.97. The largest absolute Gasteiger partial charge is 0.490 e. The summed E-state index contributed by atoms with van der Waals surface area (Å²) in [5, 5.41) is 18.3. The summed E-state index contributed by atoms with van der Waals surface area (Å²) in [6.07, 6.45) is -2.34. The number of rotatable bonds is 5. The van der Waals surface area contributed by atoms with E-state index in [1.54, 1.807) is 12.1 Å². The molecule has 2 aliphatic rings. The topological polar surface area (TPSA) is 121 Å². The molecule has 2 aromatic rings. The Hall–Kier alpha value is -2.86. The Morgan fingerprint density at radius 1 is 1.21 bits per heavy atom. The number of hydrogen-bond acceptors (Lipinski definition) is 7. The van der Waals surface area contributed by atoms with Gasteiger partial charge in [-0.25, -0.2) is 4.79 Å². The molecule has 0 aliphatic carbocycles. The summed E-state index contributed by atoms with van der Waals surface area (Å²) in [5.41, 5.74) is 0.866. The van der Waals surface area contributed by atoms with Gasteiger partial charge in [-0.05, 0) is 62.5 Å². The number of nitrogens with zero attached hydrogens (tertiary/aromatic N) is 3. The first-order valence-corrected chi connectivity index (χ1v) is 11.1. The zero-order chi connectivity index (χ0) is 24.7. The van der Waals surface area contributed by atoms with Crippen LogP contribution in [-0.4, -0.2) is 66.0 Å². The Bertz CT molecular complexity index is 956. The second-order valence-electron chi connectivity index (χ2n) is 8.08.